The zero-order chi connectivity index (χ0) is 12.1. The Labute approximate surface area is 100 Å². The zero-order valence-electron chi connectivity index (χ0n) is 10.3. The first kappa shape index (κ1) is 13.3. The molecule has 92 valence electrons. The van der Waals surface area contributed by atoms with Gasteiger partial charge in [0.2, 0.25) is 0 Å². The summed E-state index contributed by atoms with van der Waals surface area (Å²) in [6.45, 7) is 7.01. The molecule has 0 fully saturated rings. The van der Waals surface area contributed by atoms with E-state index in [-0.39, 0.29) is 5.69 Å². The van der Waals surface area contributed by atoms with Crippen molar-refractivity contribution in [3.8, 4) is 0 Å². The second-order valence-corrected chi connectivity index (χ2v) is 5.21. The molecule has 16 heavy (non-hydrogen) atoms. The molecule has 0 aliphatic carbocycles. The van der Waals surface area contributed by atoms with Crippen molar-refractivity contribution < 1.29 is 0 Å². The van der Waals surface area contributed by atoms with Gasteiger partial charge >= 0.3 is 5.69 Å². The summed E-state index contributed by atoms with van der Waals surface area (Å²) in [5, 5.41) is 10.9. The first-order chi connectivity index (χ1) is 7.60. The van der Waals surface area contributed by atoms with Crippen LogP contribution >= 0.6 is 11.8 Å². The van der Waals surface area contributed by atoms with Crippen molar-refractivity contribution in [3.63, 3.8) is 0 Å². The highest BCUT2D eigenvalue weighted by molar-refractivity contribution is 7.99. The first-order valence-corrected chi connectivity index (χ1v) is 6.47. The lowest BCUT2D eigenvalue weighted by atomic mass is 10.3. The Hall–Kier alpha value is -0.750. The van der Waals surface area contributed by atoms with Crippen molar-refractivity contribution in [2.75, 3.05) is 7.05 Å². The van der Waals surface area contributed by atoms with Gasteiger partial charge in [-0.05, 0) is 20.4 Å². The Bertz CT molecular complexity index is 373. The van der Waals surface area contributed by atoms with Crippen molar-refractivity contribution in [2.45, 2.75) is 50.2 Å². The summed E-state index contributed by atoms with van der Waals surface area (Å²) in [5.41, 5.74) is -0.117. The number of thioether (sulfide) groups is 1. The Kier molecular flexibility index (Phi) is 5.08. The van der Waals surface area contributed by atoms with E-state index >= 15 is 0 Å². The van der Waals surface area contributed by atoms with E-state index < -0.39 is 0 Å². The Morgan fingerprint density at radius 2 is 2.25 bits per heavy atom. The molecule has 0 radical (unpaired) electrons. The fourth-order valence-electron chi connectivity index (χ4n) is 1.32. The minimum Gasteiger partial charge on any atom is -0.316 e. The largest absolute Gasteiger partial charge is 0.343 e. The molecule has 1 aromatic heterocycles. The molecule has 0 saturated heterocycles. The van der Waals surface area contributed by atoms with Crippen molar-refractivity contribution in [3.05, 3.63) is 10.5 Å². The van der Waals surface area contributed by atoms with Gasteiger partial charge in [-0.2, -0.15) is 0 Å². The molecule has 6 heteroatoms. The first-order valence-electron chi connectivity index (χ1n) is 5.59. The van der Waals surface area contributed by atoms with Gasteiger partial charge < -0.3 is 5.32 Å². The van der Waals surface area contributed by atoms with Crippen LogP contribution in [0.25, 0.3) is 0 Å². The number of hydrogen-bond donors (Lipinski definition) is 2. The second kappa shape index (κ2) is 6.10. The second-order valence-electron chi connectivity index (χ2n) is 3.86. The maximum absolute atomic E-state index is 11.5. The van der Waals surface area contributed by atoms with Crippen LogP contribution in [0, 0.1) is 0 Å². The van der Waals surface area contributed by atoms with Crippen LogP contribution in [0.4, 0.5) is 0 Å². The van der Waals surface area contributed by atoms with Gasteiger partial charge in [0.1, 0.15) is 0 Å². The maximum atomic E-state index is 11.5. The third kappa shape index (κ3) is 3.12. The lowest BCUT2D eigenvalue weighted by Crippen LogP contribution is -2.31. The predicted octanol–water partition coefficient (Wildman–Crippen LogP) is 1.07. The van der Waals surface area contributed by atoms with E-state index in [4.69, 9.17) is 0 Å². The minimum atomic E-state index is -0.117. The number of nitrogens with zero attached hydrogens (tertiary/aromatic N) is 2. The topological polar surface area (TPSA) is 62.7 Å². The van der Waals surface area contributed by atoms with Crippen molar-refractivity contribution >= 4 is 11.8 Å². The summed E-state index contributed by atoms with van der Waals surface area (Å²) in [6, 6.07) is 0.381. The molecular formula is C10H20N4OS. The van der Waals surface area contributed by atoms with Crippen LogP contribution in [0.2, 0.25) is 0 Å². The van der Waals surface area contributed by atoms with Gasteiger partial charge in [0.05, 0.1) is 0 Å². The lowest BCUT2D eigenvalue weighted by Gasteiger charge is -2.17. The van der Waals surface area contributed by atoms with E-state index in [1.807, 2.05) is 14.0 Å². The molecule has 0 amide bonds. The van der Waals surface area contributed by atoms with Gasteiger partial charge in [0.25, 0.3) is 0 Å². The molecule has 0 aliphatic heterocycles. The molecule has 1 aromatic rings. The SMILES string of the molecule is CCCn1c(SC(C)C(C)NC)n[nH]c1=O. The number of aromatic nitrogens is 3. The fraction of sp³-hybridized carbons (Fsp3) is 0.800. The average molecular weight is 244 g/mol. The lowest BCUT2D eigenvalue weighted by molar-refractivity contribution is 0.587. The highest BCUT2D eigenvalue weighted by Gasteiger charge is 2.16. The minimum absolute atomic E-state index is 0.117. The quantitative estimate of drug-likeness (QED) is 0.735. The van der Waals surface area contributed by atoms with Crippen molar-refractivity contribution in [2.24, 2.45) is 0 Å². The van der Waals surface area contributed by atoms with Gasteiger partial charge in [-0.25, -0.2) is 9.89 Å². The number of nitrogens with one attached hydrogen (secondary N) is 2. The molecule has 0 spiro atoms. The molecule has 2 unspecified atom stereocenters. The van der Waals surface area contributed by atoms with Crippen LogP contribution in [0.3, 0.4) is 0 Å². The standard InChI is InChI=1S/C10H20N4OS/c1-5-6-14-9(15)12-13-10(14)16-8(3)7(2)11-4/h7-8,11H,5-6H2,1-4H3,(H,12,15). The summed E-state index contributed by atoms with van der Waals surface area (Å²) < 4.78 is 1.70. The Morgan fingerprint density at radius 1 is 1.56 bits per heavy atom. The molecule has 0 aromatic carbocycles. The average Bonchev–Trinajstić information content (AvgIpc) is 2.61. The van der Waals surface area contributed by atoms with Gasteiger partial charge in [-0.3, -0.25) is 4.57 Å². The summed E-state index contributed by atoms with van der Waals surface area (Å²) in [6.07, 6.45) is 0.933. The van der Waals surface area contributed by atoms with Crippen molar-refractivity contribution in [1.82, 2.24) is 20.1 Å². The van der Waals surface area contributed by atoms with Gasteiger partial charge in [-0.15, -0.1) is 5.10 Å². The summed E-state index contributed by atoms with van der Waals surface area (Å²) >= 11 is 1.62. The van der Waals surface area contributed by atoms with E-state index in [1.165, 1.54) is 0 Å². The molecule has 0 bridgehead atoms. The van der Waals surface area contributed by atoms with E-state index in [1.54, 1.807) is 16.3 Å². The number of H-pyrrole nitrogens is 1. The van der Waals surface area contributed by atoms with Gasteiger partial charge in [0.15, 0.2) is 5.16 Å². The number of hydrogen-bond acceptors (Lipinski definition) is 4. The monoisotopic (exact) mass is 244 g/mol. The van der Waals surface area contributed by atoms with E-state index in [0.717, 1.165) is 18.1 Å². The van der Waals surface area contributed by atoms with Crippen LogP contribution in [0.1, 0.15) is 27.2 Å². The molecule has 1 heterocycles. The van der Waals surface area contributed by atoms with E-state index in [9.17, 15) is 4.79 Å². The highest BCUT2D eigenvalue weighted by Crippen LogP contribution is 2.22. The van der Waals surface area contributed by atoms with Crippen LogP contribution in [-0.2, 0) is 6.54 Å². The molecule has 2 N–H and O–H groups in total. The van der Waals surface area contributed by atoms with Crippen LogP contribution in [-0.4, -0.2) is 33.1 Å². The maximum Gasteiger partial charge on any atom is 0.343 e. The van der Waals surface area contributed by atoms with Gasteiger partial charge in [-0.1, -0.05) is 25.6 Å². The van der Waals surface area contributed by atoms with E-state index in [0.29, 0.717) is 11.3 Å². The number of aromatic amines is 1. The zero-order valence-corrected chi connectivity index (χ0v) is 11.1. The van der Waals surface area contributed by atoms with Crippen LogP contribution in [0.15, 0.2) is 9.95 Å². The summed E-state index contributed by atoms with van der Waals surface area (Å²) in [4.78, 5) is 11.5. The smallest absolute Gasteiger partial charge is 0.316 e. The summed E-state index contributed by atoms with van der Waals surface area (Å²) in [7, 11) is 1.94. The number of rotatable bonds is 6. The third-order valence-electron chi connectivity index (χ3n) is 2.62. The molecule has 2 atom stereocenters. The van der Waals surface area contributed by atoms with Crippen LogP contribution in [0.5, 0.6) is 0 Å². The Morgan fingerprint density at radius 3 is 2.81 bits per heavy atom. The molecule has 1 rings (SSSR count). The summed E-state index contributed by atoms with van der Waals surface area (Å²) in [5.74, 6) is 0. The van der Waals surface area contributed by atoms with Crippen LogP contribution < -0.4 is 11.0 Å². The Balaban J connectivity index is 2.77. The normalized spacial score (nSPS) is 15.0. The van der Waals surface area contributed by atoms with Gasteiger partial charge in [0, 0.05) is 17.8 Å². The molecule has 0 aliphatic rings. The molecule has 0 saturated carbocycles. The predicted molar refractivity (Wildman–Crippen MR) is 67.0 cm³/mol. The molecule has 5 nitrogen and oxygen atoms in total. The highest BCUT2D eigenvalue weighted by atomic mass is 32.2. The third-order valence-corrected chi connectivity index (χ3v) is 3.92. The fourth-order valence-corrected chi connectivity index (χ4v) is 2.39. The van der Waals surface area contributed by atoms with Crippen molar-refractivity contribution in [1.29, 1.82) is 0 Å². The molecular weight excluding hydrogens is 224 g/mol. The van der Waals surface area contributed by atoms with E-state index in [2.05, 4.69) is 29.4 Å².